The molecule has 0 fully saturated rings. The summed E-state index contributed by atoms with van der Waals surface area (Å²) >= 11 is 1.10. The minimum atomic E-state index is -0.958. The molecule has 5 atom stereocenters. The number of aromatic nitrogens is 1. The number of carbonyl (C=O) groups is 7. The maximum atomic E-state index is 13.8. The van der Waals surface area contributed by atoms with Crippen LogP contribution in [0.3, 0.4) is 0 Å². The zero-order valence-corrected chi connectivity index (χ0v) is 46.6. The lowest BCUT2D eigenvalue weighted by Gasteiger charge is -2.35. The zero-order valence-electron chi connectivity index (χ0n) is 45.7. The minimum Gasteiger partial charge on any atom is -0.508 e. The quantitative estimate of drug-likeness (QED) is 0.0223. The summed E-state index contributed by atoms with van der Waals surface area (Å²) in [5.41, 5.74) is 0.119. The van der Waals surface area contributed by atoms with Crippen molar-refractivity contribution in [1.29, 1.82) is 0 Å². The molecule has 2 aromatic rings. The van der Waals surface area contributed by atoms with Crippen LogP contribution in [0.5, 0.6) is 5.75 Å². The highest BCUT2D eigenvalue weighted by Gasteiger charge is 2.34. The monoisotopic (exact) mass is 1060 g/mol. The summed E-state index contributed by atoms with van der Waals surface area (Å²) in [5, 5.41) is 30.1. The number of ether oxygens (including phenoxy) is 6. The summed E-state index contributed by atoms with van der Waals surface area (Å²) < 4.78 is 34.0. The number of nitrogens with zero attached hydrogens (tertiary/aromatic N) is 2. The number of esters is 4. The molecule has 0 aliphatic carbocycles. The molecule has 0 aliphatic rings. The highest BCUT2D eigenvalue weighted by molar-refractivity contribution is 7.09. The average molecular weight is 1060 g/mol. The van der Waals surface area contributed by atoms with Crippen molar-refractivity contribution in [1.82, 2.24) is 25.8 Å². The topological polar surface area (TPSA) is 268 Å². The van der Waals surface area contributed by atoms with Gasteiger partial charge in [-0.3, -0.25) is 33.6 Å². The van der Waals surface area contributed by atoms with Gasteiger partial charge in [0.1, 0.15) is 23.1 Å². The van der Waals surface area contributed by atoms with Crippen LogP contribution in [0, 0.1) is 17.3 Å². The van der Waals surface area contributed by atoms with Crippen molar-refractivity contribution < 1.29 is 72.2 Å². The number of hydrogen-bond acceptors (Lipinski definition) is 18. The molecule has 1 aromatic heterocycles. The number of carbonyl (C=O) groups excluding carboxylic acids is 7. The van der Waals surface area contributed by atoms with Crippen LogP contribution in [-0.2, 0) is 63.6 Å². The number of aromatic hydroxyl groups is 1. The van der Waals surface area contributed by atoms with Gasteiger partial charge in [0.25, 0.3) is 5.91 Å². The molecule has 5 N–H and O–H groups in total. The Balaban J connectivity index is 1.99. The van der Waals surface area contributed by atoms with E-state index in [-0.39, 0.29) is 125 Å². The first-order chi connectivity index (χ1) is 34.7. The van der Waals surface area contributed by atoms with Crippen LogP contribution in [0.15, 0.2) is 29.6 Å². The molecule has 5 unspecified atom stereocenters. The van der Waals surface area contributed by atoms with E-state index < -0.39 is 66.0 Å². The van der Waals surface area contributed by atoms with Gasteiger partial charge >= 0.3 is 23.9 Å². The summed E-state index contributed by atoms with van der Waals surface area (Å²) in [6, 6.07) is 5.31. The molecular formula is C53H85N5O15S. The maximum absolute atomic E-state index is 13.8. The van der Waals surface area contributed by atoms with E-state index in [2.05, 4.69) is 20.9 Å². The van der Waals surface area contributed by atoms with Crippen LogP contribution in [0.4, 0.5) is 0 Å². The molecule has 1 aromatic carbocycles. The summed E-state index contributed by atoms with van der Waals surface area (Å²) in [6.07, 6.45) is -0.435. The third kappa shape index (κ3) is 27.9. The number of nitrogens with one attached hydrogen (secondary N) is 3. The molecule has 0 saturated carbocycles. The molecule has 0 radical (unpaired) electrons. The van der Waals surface area contributed by atoms with Gasteiger partial charge in [-0.15, -0.1) is 11.3 Å². The Morgan fingerprint density at radius 2 is 1.54 bits per heavy atom. The van der Waals surface area contributed by atoms with Crippen molar-refractivity contribution in [3.8, 4) is 5.75 Å². The fourth-order valence-corrected chi connectivity index (χ4v) is 8.41. The smallest absolute Gasteiger partial charge is 0.307 e. The third-order valence-electron chi connectivity index (χ3n) is 10.9. The van der Waals surface area contributed by atoms with E-state index in [9.17, 15) is 43.8 Å². The van der Waals surface area contributed by atoms with Crippen LogP contribution in [0.2, 0.25) is 0 Å². The van der Waals surface area contributed by atoms with Gasteiger partial charge < -0.3 is 59.5 Å². The number of phenolic OH excluding ortho intramolecular Hbond substituents is 1. The first-order valence-corrected chi connectivity index (χ1v) is 26.4. The van der Waals surface area contributed by atoms with E-state index in [1.54, 1.807) is 19.2 Å². The van der Waals surface area contributed by atoms with Gasteiger partial charge in [0.05, 0.1) is 31.5 Å². The zero-order chi connectivity index (χ0) is 55.6. The van der Waals surface area contributed by atoms with Crippen molar-refractivity contribution in [3.05, 3.63) is 45.9 Å². The molecule has 74 heavy (non-hydrogen) atoms. The number of phenols is 1. The molecule has 418 valence electrons. The summed E-state index contributed by atoms with van der Waals surface area (Å²) in [5.74, 6) is -3.30. The second-order valence-electron chi connectivity index (χ2n) is 21.3. The van der Waals surface area contributed by atoms with Crippen LogP contribution in [0.25, 0.3) is 0 Å². The number of thiazole rings is 1. The lowest BCUT2D eigenvalue weighted by Crippen LogP contribution is -2.48. The maximum Gasteiger partial charge on any atom is 0.307 e. The fourth-order valence-electron chi connectivity index (χ4n) is 7.57. The second-order valence-corrected chi connectivity index (χ2v) is 22.1. The first-order valence-electron chi connectivity index (χ1n) is 25.5. The van der Waals surface area contributed by atoms with Gasteiger partial charge in [0.2, 0.25) is 11.8 Å². The molecule has 1 heterocycles. The number of likely N-dealkylation sites (N-methyl/N-ethyl adjacent to an activating group) is 1. The lowest BCUT2D eigenvalue weighted by molar-refractivity contribution is -0.241. The minimum absolute atomic E-state index is 0.00526. The lowest BCUT2D eigenvalue weighted by atomic mass is 9.89. The Morgan fingerprint density at radius 3 is 2.14 bits per heavy atom. The summed E-state index contributed by atoms with van der Waals surface area (Å²) in [4.78, 5) is 96.0. The van der Waals surface area contributed by atoms with E-state index >= 15 is 0 Å². The van der Waals surface area contributed by atoms with Crippen molar-refractivity contribution in [2.75, 3.05) is 46.7 Å². The van der Waals surface area contributed by atoms with Crippen LogP contribution < -0.4 is 16.0 Å². The molecule has 0 spiro atoms. The van der Waals surface area contributed by atoms with Crippen LogP contribution in [-0.4, -0.2) is 138 Å². The highest BCUT2D eigenvalue weighted by Crippen LogP contribution is 2.31. The molecule has 0 bridgehead atoms. The average Bonchev–Trinajstić information content (AvgIpc) is 3.79. The van der Waals surface area contributed by atoms with Gasteiger partial charge in [-0.1, -0.05) is 60.6 Å². The Bertz CT molecular complexity index is 2050. The number of aliphatic hydroxyl groups is 1. The van der Waals surface area contributed by atoms with Crippen molar-refractivity contribution in [2.24, 2.45) is 17.3 Å². The Morgan fingerprint density at radius 1 is 0.865 bits per heavy atom. The van der Waals surface area contributed by atoms with E-state index in [1.807, 2.05) is 69.2 Å². The number of hydrogen-bond donors (Lipinski definition) is 5. The van der Waals surface area contributed by atoms with Gasteiger partial charge in [0, 0.05) is 63.0 Å². The second kappa shape index (κ2) is 32.9. The summed E-state index contributed by atoms with van der Waals surface area (Å²) in [6.45, 7) is 20.0. The molecule has 0 aliphatic heterocycles. The molecule has 21 heteroatoms. The Kier molecular flexibility index (Phi) is 28.9. The number of benzene rings is 1. The van der Waals surface area contributed by atoms with Gasteiger partial charge in [0.15, 0.2) is 19.1 Å². The number of rotatable bonds is 34. The Hall–Kier alpha value is -5.22. The van der Waals surface area contributed by atoms with E-state index in [0.29, 0.717) is 24.3 Å². The highest BCUT2D eigenvalue weighted by atomic mass is 32.1. The fraction of sp³-hybridized carbons (Fsp3) is 0.698. The Labute approximate surface area is 441 Å². The van der Waals surface area contributed by atoms with Crippen molar-refractivity contribution >= 4 is 52.9 Å². The normalized spacial score (nSPS) is 13.8. The third-order valence-corrected chi connectivity index (χ3v) is 11.9. The molecule has 2 rings (SSSR count). The molecule has 20 nitrogen and oxygen atoms in total. The van der Waals surface area contributed by atoms with E-state index in [1.165, 1.54) is 29.3 Å². The first kappa shape index (κ1) is 64.9. The SMILES string of the molecule is CNCC(=O)N(COC(=O)CC(C)C)C(CC(OC(C)=O)c1nc(C(=O)NC(CCC(=O)OCCCNC(=O)CCCC(=O)OCC(OC(CO)CC(C)(C)C)OC(C)(C)C)Cc2ccc(O)cc2)cs1)C(C)C. The van der Waals surface area contributed by atoms with E-state index in [0.717, 1.165) is 16.9 Å². The predicted molar refractivity (Wildman–Crippen MR) is 277 cm³/mol. The molecule has 0 saturated heterocycles. The van der Waals surface area contributed by atoms with Gasteiger partial charge in [-0.25, -0.2) is 4.98 Å². The van der Waals surface area contributed by atoms with Crippen LogP contribution >= 0.6 is 11.3 Å². The van der Waals surface area contributed by atoms with Gasteiger partial charge in [-0.2, -0.15) is 0 Å². The number of amides is 3. The summed E-state index contributed by atoms with van der Waals surface area (Å²) in [7, 11) is 1.63. The largest absolute Gasteiger partial charge is 0.508 e. The van der Waals surface area contributed by atoms with Crippen molar-refractivity contribution in [3.63, 3.8) is 0 Å². The van der Waals surface area contributed by atoms with Gasteiger partial charge in [-0.05, 0) is 94.9 Å². The molecule has 3 amide bonds. The molecular weight excluding hydrogens is 979 g/mol. The van der Waals surface area contributed by atoms with E-state index in [4.69, 9.17) is 28.4 Å². The number of aliphatic hydroxyl groups excluding tert-OH is 1. The van der Waals surface area contributed by atoms with Crippen molar-refractivity contribution in [2.45, 2.75) is 177 Å². The standard InChI is InChI=1S/C53H85N5O15S/c1-34(2)25-48(66)70-33-58(45(63)29-54-12)42(35(3)4)27-43(71-36(5)60)51-57-41(32-74-51)50(67)56-38(26-37-17-20-39(61)21-18-37)19-22-47(65)68-24-14-23-55-44(62)15-13-16-46(64)69-31-49(73-53(9,10)11)72-40(30-59)28-52(6,7)8/h17-18,20-21,32,34-35,38,40,42-43,49,54,59,61H,13-16,19,22-31,33H2,1-12H3,(H,55,62)(H,56,67). The van der Waals surface area contributed by atoms with Crippen LogP contribution in [0.1, 0.15) is 161 Å². The predicted octanol–water partition coefficient (Wildman–Crippen LogP) is 6.30.